The van der Waals surface area contributed by atoms with Crippen molar-refractivity contribution in [1.82, 2.24) is 19.6 Å². The molecule has 2 heterocycles. The Labute approximate surface area is 183 Å². The fourth-order valence-corrected chi connectivity index (χ4v) is 2.80. The van der Waals surface area contributed by atoms with E-state index in [-0.39, 0.29) is 22.8 Å². The summed E-state index contributed by atoms with van der Waals surface area (Å²) in [5, 5.41) is 16.8. The molecular weight excluding hydrogens is 412 g/mol. The number of nitrogens with zero attached hydrogens (tertiary/aromatic N) is 4. The van der Waals surface area contributed by atoms with Gasteiger partial charge < -0.3 is 21.3 Å². The monoisotopic (exact) mass is 434 g/mol. The van der Waals surface area contributed by atoms with Gasteiger partial charge in [-0.25, -0.2) is 19.0 Å². The number of esters is 1. The van der Waals surface area contributed by atoms with E-state index in [0.717, 1.165) is 11.4 Å². The van der Waals surface area contributed by atoms with Gasteiger partial charge >= 0.3 is 11.9 Å². The van der Waals surface area contributed by atoms with E-state index < -0.39 is 11.9 Å². The number of hydrogen-bond donors (Lipinski definition) is 3. The molecule has 0 aliphatic rings. The summed E-state index contributed by atoms with van der Waals surface area (Å²) < 4.78 is 7.78. The molecule has 0 amide bonds. The fourth-order valence-electron chi connectivity index (χ4n) is 2.80. The molecule has 2 aromatic carbocycles. The zero-order valence-electron chi connectivity index (χ0n) is 17.3. The SMILES string of the molecule is CCOC(=O)c1cnn(-c2ccccc2)c1N.Nc1c(C(=O)O)cnn1-c1ccccc1. The second kappa shape index (κ2) is 9.94. The van der Waals surface area contributed by atoms with Crippen molar-refractivity contribution in [3.8, 4) is 11.4 Å². The quantitative estimate of drug-likeness (QED) is 0.406. The lowest BCUT2D eigenvalue weighted by atomic mass is 10.3. The molecule has 4 rings (SSSR count). The lowest BCUT2D eigenvalue weighted by molar-refractivity contribution is 0.0527. The number of nitrogens with two attached hydrogens (primary N) is 2. The van der Waals surface area contributed by atoms with E-state index in [1.54, 1.807) is 19.1 Å². The molecule has 0 bridgehead atoms. The van der Waals surface area contributed by atoms with Gasteiger partial charge in [-0.2, -0.15) is 10.2 Å². The van der Waals surface area contributed by atoms with E-state index in [0.29, 0.717) is 6.61 Å². The number of rotatable bonds is 5. The molecule has 0 radical (unpaired) electrons. The largest absolute Gasteiger partial charge is 0.477 e. The van der Waals surface area contributed by atoms with Gasteiger partial charge in [0.05, 0.1) is 30.4 Å². The summed E-state index contributed by atoms with van der Waals surface area (Å²) in [7, 11) is 0. The molecule has 0 spiro atoms. The maximum atomic E-state index is 11.6. The van der Waals surface area contributed by atoms with Crippen LogP contribution in [0.25, 0.3) is 11.4 Å². The van der Waals surface area contributed by atoms with Gasteiger partial charge in [0.1, 0.15) is 22.8 Å². The highest BCUT2D eigenvalue weighted by molar-refractivity contribution is 5.94. The maximum absolute atomic E-state index is 11.6. The van der Waals surface area contributed by atoms with Gasteiger partial charge in [0.25, 0.3) is 0 Å². The number of carbonyl (C=O) groups is 2. The van der Waals surface area contributed by atoms with Crippen LogP contribution in [-0.2, 0) is 4.74 Å². The molecule has 10 heteroatoms. The minimum atomic E-state index is -1.07. The highest BCUT2D eigenvalue weighted by atomic mass is 16.5. The lowest BCUT2D eigenvalue weighted by Crippen LogP contribution is -2.08. The minimum Gasteiger partial charge on any atom is -0.477 e. The molecule has 4 aromatic rings. The molecule has 0 aliphatic heterocycles. The second-order valence-electron chi connectivity index (χ2n) is 6.41. The zero-order chi connectivity index (χ0) is 23.1. The van der Waals surface area contributed by atoms with Crippen LogP contribution in [0.1, 0.15) is 27.6 Å². The van der Waals surface area contributed by atoms with Crippen molar-refractivity contribution >= 4 is 23.6 Å². The molecule has 5 N–H and O–H groups in total. The van der Waals surface area contributed by atoms with Crippen molar-refractivity contribution in [2.24, 2.45) is 0 Å². The van der Waals surface area contributed by atoms with Gasteiger partial charge in [0.2, 0.25) is 0 Å². The Bertz CT molecular complexity index is 1200. The van der Waals surface area contributed by atoms with Crippen LogP contribution in [-0.4, -0.2) is 43.2 Å². The van der Waals surface area contributed by atoms with E-state index in [1.165, 1.54) is 21.8 Å². The first-order valence-electron chi connectivity index (χ1n) is 9.62. The number of carboxylic acid groups (broad SMARTS) is 1. The average Bonchev–Trinajstić information content (AvgIpc) is 3.38. The van der Waals surface area contributed by atoms with E-state index in [2.05, 4.69) is 10.2 Å². The summed E-state index contributed by atoms with van der Waals surface area (Å²) in [6, 6.07) is 18.5. The van der Waals surface area contributed by atoms with Crippen molar-refractivity contribution < 1.29 is 19.4 Å². The Morgan fingerprint density at radius 1 is 0.844 bits per heavy atom. The summed E-state index contributed by atoms with van der Waals surface area (Å²) in [4.78, 5) is 22.3. The molecule has 10 nitrogen and oxygen atoms in total. The van der Waals surface area contributed by atoms with E-state index in [9.17, 15) is 9.59 Å². The van der Waals surface area contributed by atoms with Gasteiger partial charge in [-0.1, -0.05) is 36.4 Å². The van der Waals surface area contributed by atoms with E-state index in [4.69, 9.17) is 21.3 Å². The van der Waals surface area contributed by atoms with Crippen LogP contribution >= 0.6 is 0 Å². The molecule has 32 heavy (non-hydrogen) atoms. The first-order valence-corrected chi connectivity index (χ1v) is 9.62. The van der Waals surface area contributed by atoms with Gasteiger partial charge in [-0.15, -0.1) is 0 Å². The fraction of sp³-hybridized carbons (Fsp3) is 0.0909. The summed E-state index contributed by atoms with van der Waals surface area (Å²) in [5.74, 6) is -1.11. The number of nitrogen functional groups attached to an aromatic ring is 2. The number of hydrogen-bond acceptors (Lipinski definition) is 7. The van der Waals surface area contributed by atoms with Crippen LogP contribution in [0.2, 0.25) is 0 Å². The van der Waals surface area contributed by atoms with Crippen LogP contribution in [0.3, 0.4) is 0 Å². The van der Waals surface area contributed by atoms with E-state index >= 15 is 0 Å². The van der Waals surface area contributed by atoms with Crippen molar-refractivity contribution in [3.05, 3.63) is 84.2 Å². The maximum Gasteiger partial charge on any atom is 0.343 e. The van der Waals surface area contributed by atoms with Crippen molar-refractivity contribution in [2.75, 3.05) is 18.1 Å². The first kappa shape index (κ1) is 22.1. The third kappa shape index (κ3) is 4.75. The summed E-state index contributed by atoms with van der Waals surface area (Å²) in [5.41, 5.74) is 13.4. The molecule has 2 aromatic heterocycles. The normalized spacial score (nSPS) is 10.2. The van der Waals surface area contributed by atoms with Crippen LogP contribution in [0.15, 0.2) is 73.1 Å². The highest BCUT2D eigenvalue weighted by Gasteiger charge is 2.16. The first-order chi connectivity index (χ1) is 15.4. The van der Waals surface area contributed by atoms with Crippen LogP contribution in [0.4, 0.5) is 11.6 Å². The van der Waals surface area contributed by atoms with E-state index in [1.807, 2.05) is 48.5 Å². The Hall–Kier alpha value is -4.60. The number of ether oxygens (including phenoxy) is 1. The number of carbonyl (C=O) groups excluding carboxylic acids is 1. The van der Waals surface area contributed by atoms with Crippen molar-refractivity contribution in [3.63, 3.8) is 0 Å². The summed E-state index contributed by atoms with van der Waals surface area (Å²) >= 11 is 0. The lowest BCUT2D eigenvalue weighted by Gasteiger charge is -2.04. The number of para-hydroxylation sites is 2. The third-order valence-electron chi connectivity index (χ3n) is 4.34. The predicted molar refractivity (Wildman–Crippen MR) is 119 cm³/mol. The van der Waals surface area contributed by atoms with Gasteiger partial charge in [-0.05, 0) is 31.2 Å². The average molecular weight is 434 g/mol. The molecule has 0 aliphatic carbocycles. The molecule has 0 saturated heterocycles. The van der Waals surface area contributed by atoms with Gasteiger partial charge in [0, 0.05) is 0 Å². The summed E-state index contributed by atoms with van der Waals surface area (Å²) in [6.07, 6.45) is 2.66. The molecular formula is C22H22N6O4. The van der Waals surface area contributed by atoms with Crippen LogP contribution in [0, 0.1) is 0 Å². The molecule has 164 valence electrons. The topological polar surface area (TPSA) is 151 Å². The number of aromatic carboxylic acids is 1. The molecule has 0 unspecified atom stereocenters. The summed E-state index contributed by atoms with van der Waals surface area (Å²) in [6.45, 7) is 2.06. The molecule has 0 atom stereocenters. The van der Waals surface area contributed by atoms with Gasteiger partial charge in [0.15, 0.2) is 0 Å². The second-order valence-corrected chi connectivity index (χ2v) is 6.41. The van der Waals surface area contributed by atoms with Crippen LogP contribution < -0.4 is 11.5 Å². The molecule has 0 saturated carbocycles. The third-order valence-corrected chi connectivity index (χ3v) is 4.34. The number of benzene rings is 2. The number of carboxylic acids is 1. The highest BCUT2D eigenvalue weighted by Crippen LogP contribution is 2.18. The van der Waals surface area contributed by atoms with Crippen molar-refractivity contribution in [2.45, 2.75) is 6.92 Å². The Morgan fingerprint density at radius 2 is 1.28 bits per heavy atom. The smallest absolute Gasteiger partial charge is 0.343 e. The standard InChI is InChI=1S/C12H13N3O2.C10H9N3O2/c1-2-17-12(16)10-8-14-15(11(10)13)9-6-4-3-5-7-9;11-9-8(10(14)15)6-12-13(9)7-4-2-1-3-5-7/h3-8H,2,13H2,1H3;1-6H,11H2,(H,14,15). The Morgan fingerprint density at radius 3 is 1.69 bits per heavy atom. The van der Waals surface area contributed by atoms with Crippen LogP contribution in [0.5, 0.6) is 0 Å². The van der Waals surface area contributed by atoms with Gasteiger partial charge in [-0.3, -0.25) is 0 Å². The number of anilines is 2. The Kier molecular flexibility index (Phi) is 6.86. The minimum absolute atomic E-state index is 0.0128. The number of aromatic nitrogens is 4. The zero-order valence-corrected chi connectivity index (χ0v) is 17.3. The molecule has 0 fully saturated rings. The predicted octanol–water partition coefficient (Wildman–Crippen LogP) is 2.78. The van der Waals surface area contributed by atoms with Crippen molar-refractivity contribution in [1.29, 1.82) is 0 Å². The Balaban J connectivity index is 0.000000182.